The lowest BCUT2D eigenvalue weighted by Crippen LogP contribution is -2.12. The van der Waals surface area contributed by atoms with Gasteiger partial charge in [-0.1, -0.05) is 22.0 Å². The van der Waals surface area contributed by atoms with Gasteiger partial charge >= 0.3 is 0 Å². The summed E-state index contributed by atoms with van der Waals surface area (Å²) in [6.07, 6.45) is 0. The summed E-state index contributed by atoms with van der Waals surface area (Å²) in [6, 6.07) is 6.33. The van der Waals surface area contributed by atoms with Gasteiger partial charge in [-0.2, -0.15) is 0 Å². The second kappa shape index (κ2) is 5.66. The van der Waals surface area contributed by atoms with E-state index >= 15 is 0 Å². The average molecular weight is 344 g/mol. The molecule has 0 spiro atoms. The molecule has 2 aromatic rings. The summed E-state index contributed by atoms with van der Waals surface area (Å²) in [5.74, 6) is -4.83. The fourth-order valence-electron chi connectivity index (χ4n) is 1.57. The number of halogens is 4. The van der Waals surface area contributed by atoms with E-state index < -0.39 is 23.4 Å². The molecule has 0 fully saturated rings. The van der Waals surface area contributed by atoms with E-state index in [0.717, 1.165) is 22.2 Å². The first-order valence-corrected chi connectivity index (χ1v) is 6.40. The van der Waals surface area contributed by atoms with Crippen LogP contribution in [0.2, 0.25) is 0 Å². The Bertz CT molecular complexity index is 665. The summed E-state index contributed by atoms with van der Waals surface area (Å²) in [4.78, 5) is 11.9. The van der Waals surface area contributed by atoms with Gasteiger partial charge in [0.1, 0.15) is 0 Å². The highest BCUT2D eigenvalue weighted by molar-refractivity contribution is 9.10. The highest BCUT2D eigenvalue weighted by atomic mass is 79.9. The number of rotatable bonds is 2. The van der Waals surface area contributed by atoms with Crippen molar-refractivity contribution in [2.75, 3.05) is 5.32 Å². The Kier molecular flexibility index (Phi) is 4.13. The average Bonchev–Trinajstić information content (AvgIpc) is 2.39. The summed E-state index contributed by atoms with van der Waals surface area (Å²) in [6.45, 7) is 1.86. The third kappa shape index (κ3) is 3.01. The molecular formula is C14H9BrF3NO. The Hall–Kier alpha value is -1.82. The number of carbonyl (C=O) groups excluding carboxylic acids is 1. The summed E-state index contributed by atoms with van der Waals surface area (Å²) in [5.41, 5.74) is 1.11. The van der Waals surface area contributed by atoms with E-state index in [9.17, 15) is 18.0 Å². The summed E-state index contributed by atoms with van der Waals surface area (Å²) < 4.78 is 39.6. The van der Waals surface area contributed by atoms with Gasteiger partial charge in [-0.15, -0.1) is 0 Å². The second-order valence-corrected chi connectivity index (χ2v) is 5.03. The summed E-state index contributed by atoms with van der Waals surface area (Å²) >= 11 is 3.28. The number of hydrogen-bond acceptors (Lipinski definition) is 1. The van der Waals surface area contributed by atoms with E-state index in [4.69, 9.17) is 0 Å². The van der Waals surface area contributed by atoms with Crippen LogP contribution in [0.3, 0.4) is 0 Å². The number of nitrogens with one attached hydrogen (secondary N) is 1. The molecule has 0 saturated heterocycles. The number of hydrogen-bond donors (Lipinski definition) is 1. The van der Waals surface area contributed by atoms with Gasteiger partial charge in [0.15, 0.2) is 17.5 Å². The largest absolute Gasteiger partial charge is 0.322 e. The number of aryl methyl sites for hydroxylation is 1. The molecule has 0 heterocycles. The van der Waals surface area contributed by atoms with Crippen LogP contribution in [-0.2, 0) is 0 Å². The molecule has 2 aromatic carbocycles. The minimum absolute atomic E-state index is 0.150. The smallest absolute Gasteiger partial charge is 0.255 e. The zero-order valence-corrected chi connectivity index (χ0v) is 11.9. The molecule has 0 aliphatic heterocycles. The van der Waals surface area contributed by atoms with Crippen LogP contribution in [0.4, 0.5) is 18.9 Å². The summed E-state index contributed by atoms with van der Waals surface area (Å²) in [7, 11) is 0. The fraction of sp³-hybridized carbons (Fsp3) is 0.0714. The Balaban J connectivity index is 2.25. The van der Waals surface area contributed by atoms with Crippen molar-refractivity contribution >= 4 is 27.5 Å². The SMILES string of the molecule is Cc1ccc(C(=O)Nc2cc(F)c(F)c(F)c2)cc1Br. The first kappa shape index (κ1) is 14.6. The van der Waals surface area contributed by atoms with Crippen LogP contribution >= 0.6 is 15.9 Å². The highest BCUT2D eigenvalue weighted by Crippen LogP contribution is 2.20. The molecule has 20 heavy (non-hydrogen) atoms. The number of carbonyl (C=O) groups is 1. The quantitative estimate of drug-likeness (QED) is 0.803. The molecule has 0 bridgehead atoms. The van der Waals surface area contributed by atoms with Gasteiger partial charge in [-0.25, -0.2) is 13.2 Å². The Morgan fingerprint density at radius 2 is 1.70 bits per heavy atom. The van der Waals surface area contributed by atoms with Gasteiger partial charge in [0.25, 0.3) is 5.91 Å². The predicted molar refractivity (Wildman–Crippen MR) is 73.1 cm³/mol. The molecule has 0 radical (unpaired) electrons. The molecule has 6 heteroatoms. The lowest BCUT2D eigenvalue weighted by atomic mass is 10.1. The molecule has 0 unspecified atom stereocenters. The third-order valence-electron chi connectivity index (χ3n) is 2.68. The molecule has 0 atom stereocenters. The maximum absolute atomic E-state index is 13.0. The number of benzene rings is 2. The van der Waals surface area contributed by atoms with Crippen molar-refractivity contribution in [1.29, 1.82) is 0 Å². The maximum atomic E-state index is 13.0. The molecule has 2 nitrogen and oxygen atoms in total. The van der Waals surface area contributed by atoms with Crippen molar-refractivity contribution in [3.05, 3.63) is 63.4 Å². The van der Waals surface area contributed by atoms with Crippen LogP contribution in [0.1, 0.15) is 15.9 Å². The fourth-order valence-corrected chi connectivity index (χ4v) is 1.94. The first-order chi connectivity index (χ1) is 9.38. The van der Waals surface area contributed by atoms with Gasteiger partial charge in [0.05, 0.1) is 0 Å². The molecular weight excluding hydrogens is 335 g/mol. The van der Waals surface area contributed by atoms with Crippen LogP contribution in [0.25, 0.3) is 0 Å². The summed E-state index contributed by atoms with van der Waals surface area (Å²) in [5, 5.41) is 2.31. The predicted octanol–water partition coefficient (Wildman–Crippen LogP) is 4.43. The van der Waals surface area contributed by atoms with Crippen LogP contribution in [0, 0.1) is 24.4 Å². The molecule has 104 valence electrons. The molecule has 1 N–H and O–H groups in total. The number of anilines is 1. The van der Waals surface area contributed by atoms with Crippen LogP contribution in [0.5, 0.6) is 0 Å². The molecule has 0 aliphatic carbocycles. The van der Waals surface area contributed by atoms with Crippen molar-refractivity contribution in [3.8, 4) is 0 Å². The molecule has 1 amide bonds. The zero-order chi connectivity index (χ0) is 14.9. The minimum atomic E-state index is -1.57. The topological polar surface area (TPSA) is 29.1 Å². The van der Waals surface area contributed by atoms with Gasteiger partial charge < -0.3 is 5.32 Å². The van der Waals surface area contributed by atoms with Crippen molar-refractivity contribution in [1.82, 2.24) is 0 Å². The first-order valence-electron chi connectivity index (χ1n) is 5.60. The molecule has 0 aromatic heterocycles. The van der Waals surface area contributed by atoms with Crippen LogP contribution < -0.4 is 5.32 Å². The normalized spacial score (nSPS) is 10.4. The minimum Gasteiger partial charge on any atom is -0.322 e. The van der Waals surface area contributed by atoms with Crippen molar-refractivity contribution in [2.24, 2.45) is 0 Å². The molecule has 0 aliphatic rings. The maximum Gasteiger partial charge on any atom is 0.255 e. The van der Waals surface area contributed by atoms with E-state index in [2.05, 4.69) is 21.2 Å². The highest BCUT2D eigenvalue weighted by Gasteiger charge is 2.13. The van der Waals surface area contributed by atoms with Crippen LogP contribution in [-0.4, -0.2) is 5.91 Å². The molecule has 0 saturated carbocycles. The van der Waals surface area contributed by atoms with Gasteiger partial charge in [0.2, 0.25) is 0 Å². The Morgan fingerprint density at radius 3 is 2.25 bits per heavy atom. The van der Waals surface area contributed by atoms with E-state index in [-0.39, 0.29) is 5.69 Å². The lowest BCUT2D eigenvalue weighted by Gasteiger charge is -2.07. The van der Waals surface area contributed by atoms with E-state index in [1.807, 2.05) is 6.92 Å². The lowest BCUT2D eigenvalue weighted by molar-refractivity contribution is 0.102. The van der Waals surface area contributed by atoms with Crippen molar-refractivity contribution < 1.29 is 18.0 Å². The molecule has 2 rings (SSSR count). The number of amides is 1. The van der Waals surface area contributed by atoms with E-state index in [1.165, 1.54) is 0 Å². The van der Waals surface area contributed by atoms with Crippen molar-refractivity contribution in [3.63, 3.8) is 0 Å². The zero-order valence-electron chi connectivity index (χ0n) is 10.3. The monoisotopic (exact) mass is 343 g/mol. The van der Waals surface area contributed by atoms with Crippen LogP contribution in [0.15, 0.2) is 34.8 Å². The van der Waals surface area contributed by atoms with E-state index in [0.29, 0.717) is 5.56 Å². The van der Waals surface area contributed by atoms with Gasteiger partial charge in [0, 0.05) is 27.9 Å². The van der Waals surface area contributed by atoms with Gasteiger partial charge in [-0.05, 0) is 24.6 Å². The standard InChI is InChI=1S/C14H9BrF3NO/c1-7-2-3-8(4-10(7)15)14(20)19-9-5-11(16)13(18)12(17)6-9/h2-6H,1H3,(H,19,20). The Morgan fingerprint density at radius 1 is 1.10 bits per heavy atom. The second-order valence-electron chi connectivity index (χ2n) is 4.17. The van der Waals surface area contributed by atoms with Crippen molar-refractivity contribution in [2.45, 2.75) is 6.92 Å². The van der Waals surface area contributed by atoms with Gasteiger partial charge in [-0.3, -0.25) is 4.79 Å². The third-order valence-corrected chi connectivity index (χ3v) is 3.53. The van der Waals surface area contributed by atoms with E-state index in [1.54, 1.807) is 18.2 Å². The Labute approximate surface area is 121 Å².